The molecule has 1 aliphatic heterocycles. The minimum absolute atomic E-state index is 0.158. The molecule has 0 bridgehead atoms. The van der Waals surface area contributed by atoms with Gasteiger partial charge in [-0.2, -0.15) is 0 Å². The molecule has 1 aromatic carbocycles. The fourth-order valence-corrected chi connectivity index (χ4v) is 11.5. The molecule has 0 saturated heterocycles. The van der Waals surface area contributed by atoms with Gasteiger partial charge in [-0.05, 0) is 59.5 Å². The fourth-order valence-electron chi connectivity index (χ4n) is 6.03. The minimum atomic E-state index is -2.38. The highest BCUT2D eigenvalue weighted by atomic mass is 35.6. The van der Waals surface area contributed by atoms with Gasteiger partial charge in [0.1, 0.15) is 30.0 Å². The van der Waals surface area contributed by atoms with Crippen molar-refractivity contribution in [2.45, 2.75) is 87.4 Å². The summed E-state index contributed by atoms with van der Waals surface area (Å²) in [4.78, 5) is 18.3. The Morgan fingerprint density at radius 1 is 1.00 bits per heavy atom. The fraction of sp³-hybridized carbons (Fsp3) is 0.548. The van der Waals surface area contributed by atoms with E-state index in [2.05, 4.69) is 46.5 Å². The van der Waals surface area contributed by atoms with Crippen LogP contribution >= 0.6 is 34.8 Å². The molecule has 0 spiro atoms. The van der Waals surface area contributed by atoms with Crippen molar-refractivity contribution in [1.82, 2.24) is 9.99 Å². The van der Waals surface area contributed by atoms with Gasteiger partial charge in [-0.3, -0.25) is 5.01 Å². The number of alkyl halides is 3. The number of hydrazine groups is 1. The van der Waals surface area contributed by atoms with Gasteiger partial charge in [0.2, 0.25) is 3.79 Å². The maximum Gasteiger partial charge on any atom is 0.429 e. The number of methoxy groups -OCH3 is 1. The number of benzene rings is 1. The Morgan fingerprint density at radius 3 is 2.14 bits per heavy atom. The summed E-state index contributed by atoms with van der Waals surface area (Å²) in [7, 11) is -0.803. The van der Waals surface area contributed by atoms with Crippen LogP contribution in [0.2, 0.25) is 16.6 Å². The molecule has 1 aromatic heterocycles. The van der Waals surface area contributed by atoms with Crippen LogP contribution in [0.3, 0.4) is 0 Å². The third kappa shape index (κ3) is 8.72. The van der Waals surface area contributed by atoms with Crippen LogP contribution in [-0.4, -0.2) is 60.8 Å². The number of rotatable bonds is 12. The highest BCUT2D eigenvalue weighted by Crippen LogP contribution is 2.45. The third-order valence-corrected chi connectivity index (χ3v) is 14.1. The lowest BCUT2D eigenvalue weighted by atomic mass is 10.00. The maximum atomic E-state index is 13.7. The van der Waals surface area contributed by atoms with E-state index in [9.17, 15) is 4.79 Å². The van der Waals surface area contributed by atoms with Crippen molar-refractivity contribution in [2.24, 2.45) is 0 Å². The van der Waals surface area contributed by atoms with Crippen molar-refractivity contribution >= 4 is 55.0 Å². The Kier molecular flexibility index (Phi) is 12.5. The topological polar surface area (TPSA) is 73.4 Å². The third-order valence-electron chi connectivity index (χ3n) is 7.77. The molecule has 3 rings (SSSR count). The first-order chi connectivity index (χ1) is 20.2. The van der Waals surface area contributed by atoms with Gasteiger partial charge in [-0.1, -0.05) is 94.5 Å². The Labute approximate surface area is 272 Å². The van der Waals surface area contributed by atoms with Crippen LogP contribution in [0.1, 0.15) is 54.0 Å². The summed E-state index contributed by atoms with van der Waals surface area (Å²) in [6, 6.07) is 12.5. The summed E-state index contributed by atoms with van der Waals surface area (Å²) in [6.07, 6.45) is 3.56. The SMILES string of the molecule is COCOc1ccc(C[C@H]2C(O[Si](C(C)C)(C(C)C)C(C)C)=C[C@@H](C)N(C(=O)OCC(Cl)(Cl)Cl)N2c2ccccn2)cc1. The number of pyridine rings is 1. The molecule has 0 N–H and O–H groups in total. The van der Waals surface area contributed by atoms with E-state index >= 15 is 0 Å². The number of nitrogens with zero attached hydrogens (tertiary/aromatic N) is 3. The Morgan fingerprint density at radius 2 is 1.63 bits per heavy atom. The number of ether oxygens (including phenoxy) is 3. The molecule has 238 valence electrons. The van der Waals surface area contributed by atoms with Gasteiger partial charge in [0.25, 0.3) is 8.32 Å². The average Bonchev–Trinajstić information content (AvgIpc) is 2.94. The van der Waals surface area contributed by atoms with Crippen LogP contribution in [0.4, 0.5) is 10.6 Å². The first-order valence-electron chi connectivity index (χ1n) is 14.6. The second-order valence-corrected chi connectivity index (χ2v) is 19.6. The van der Waals surface area contributed by atoms with Gasteiger partial charge < -0.3 is 18.6 Å². The molecule has 0 aliphatic carbocycles. The number of anilines is 1. The molecule has 2 aromatic rings. The predicted molar refractivity (Wildman–Crippen MR) is 176 cm³/mol. The van der Waals surface area contributed by atoms with Crippen molar-refractivity contribution in [3.05, 3.63) is 66.1 Å². The van der Waals surface area contributed by atoms with Crippen molar-refractivity contribution in [3.8, 4) is 5.75 Å². The molecule has 0 fully saturated rings. The molecule has 1 aliphatic rings. The first-order valence-corrected chi connectivity index (χ1v) is 17.8. The van der Waals surface area contributed by atoms with Crippen molar-refractivity contribution < 1.29 is 23.4 Å². The van der Waals surface area contributed by atoms with Crippen LogP contribution in [0.15, 0.2) is 60.5 Å². The number of amides is 1. The molecular weight excluding hydrogens is 629 g/mol. The van der Waals surface area contributed by atoms with E-state index in [1.807, 2.05) is 60.5 Å². The first kappa shape index (κ1) is 35.3. The summed E-state index contributed by atoms with van der Waals surface area (Å²) in [5, 5.41) is 3.38. The summed E-state index contributed by atoms with van der Waals surface area (Å²) < 4.78 is 21.7. The largest absolute Gasteiger partial charge is 0.544 e. The zero-order chi connectivity index (χ0) is 31.9. The van der Waals surface area contributed by atoms with Crippen LogP contribution in [0.5, 0.6) is 5.75 Å². The predicted octanol–water partition coefficient (Wildman–Crippen LogP) is 8.68. The lowest BCUT2D eigenvalue weighted by Crippen LogP contribution is -2.61. The Hall–Kier alpha value is -2.17. The summed E-state index contributed by atoms with van der Waals surface area (Å²) in [6.45, 7) is 15.2. The van der Waals surface area contributed by atoms with Crippen LogP contribution in [0.25, 0.3) is 0 Å². The summed E-state index contributed by atoms with van der Waals surface area (Å²) >= 11 is 17.8. The van der Waals surface area contributed by atoms with E-state index in [-0.39, 0.29) is 6.79 Å². The number of hydrogen-bond acceptors (Lipinski definition) is 7. The van der Waals surface area contributed by atoms with E-state index in [4.69, 9.17) is 53.4 Å². The van der Waals surface area contributed by atoms with E-state index in [0.29, 0.717) is 34.6 Å². The van der Waals surface area contributed by atoms with Crippen molar-refractivity contribution in [2.75, 3.05) is 25.5 Å². The Bertz CT molecular complexity index is 1190. The van der Waals surface area contributed by atoms with Crippen molar-refractivity contribution in [1.29, 1.82) is 0 Å². The lowest BCUT2D eigenvalue weighted by molar-refractivity contribution is 0.0511. The van der Waals surface area contributed by atoms with E-state index in [0.717, 1.165) is 11.3 Å². The van der Waals surface area contributed by atoms with E-state index < -0.39 is 36.9 Å². The van der Waals surface area contributed by atoms with Gasteiger partial charge in [-0.15, -0.1) is 0 Å². The number of halogens is 3. The molecule has 0 unspecified atom stereocenters. The van der Waals surface area contributed by atoms with E-state index in [1.165, 1.54) is 5.01 Å². The summed E-state index contributed by atoms with van der Waals surface area (Å²) in [5.74, 6) is 2.07. The van der Waals surface area contributed by atoms with Crippen LogP contribution < -0.4 is 9.75 Å². The van der Waals surface area contributed by atoms with Gasteiger partial charge in [0.05, 0.1) is 6.04 Å². The van der Waals surface area contributed by atoms with Crippen molar-refractivity contribution in [3.63, 3.8) is 0 Å². The molecule has 43 heavy (non-hydrogen) atoms. The van der Waals surface area contributed by atoms with Crippen LogP contribution in [-0.2, 0) is 20.3 Å². The lowest BCUT2D eigenvalue weighted by Gasteiger charge is -2.50. The van der Waals surface area contributed by atoms with Crippen LogP contribution in [0, 0.1) is 0 Å². The van der Waals surface area contributed by atoms with Gasteiger partial charge in [-0.25, -0.2) is 14.8 Å². The second-order valence-electron chi connectivity index (χ2n) is 11.7. The zero-order valence-electron chi connectivity index (χ0n) is 26.2. The monoisotopic (exact) mass is 671 g/mol. The highest BCUT2D eigenvalue weighted by Gasteiger charge is 2.50. The molecule has 1 amide bonds. The average molecular weight is 673 g/mol. The minimum Gasteiger partial charge on any atom is -0.544 e. The molecule has 0 saturated carbocycles. The second kappa shape index (κ2) is 15.2. The van der Waals surface area contributed by atoms with Gasteiger partial charge in [0.15, 0.2) is 6.79 Å². The van der Waals surface area contributed by atoms with Gasteiger partial charge in [0, 0.05) is 19.7 Å². The molecule has 12 heteroatoms. The van der Waals surface area contributed by atoms with Gasteiger partial charge >= 0.3 is 6.09 Å². The zero-order valence-corrected chi connectivity index (χ0v) is 29.5. The number of carbonyl (C=O) groups is 1. The standard InChI is InChI=1S/C31H44Cl3N3O5Si/c1-21(2)43(22(3)4,23(5)6)42-28-17-24(7)36(30(38)40-19-31(32,33)34)37(29-11-9-10-16-35-29)27(28)18-25-12-14-26(15-13-25)41-20-39-8/h9-17,21-24,27H,18-20H2,1-8H3/t24-,27+/m1/s1. The van der Waals surface area contributed by atoms with E-state index in [1.54, 1.807) is 13.3 Å². The Balaban J connectivity index is 2.17. The molecule has 2 atom stereocenters. The molecule has 0 radical (unpaired) electrons. The molecule has 2 heterocycles. The molecular formula is C31H44Cl3N3O5Si. The number of carbonyl (C=O) groups excluding carboxylic acids is 1. The quantitative estimate of drug-likeness (QED) is 0.127. The summed E-state index contributed by atoms with van der Waals surface area (Å²) in [5.41, 5.74) is 2.05. The number of aromatic nitrogens is 1. The molecule has 8 nitrogen and oxygen atoms in total. The smallest absolute Gasteiger partial charge is 0.429 e. The number of hydrogen-bond donors (Lipinski definition) is 0. The maximum absolute atomic E-state index is 13.7. The highest BCUT2D eigenvalue weighted by molar-refractivity contribution is 6.77. The normalized spacial score (nSPS) is 17.9.